The van der Waals surface area contributed by atoms with Crippen LogP contribution in [0.5, 0.6) is 5.75 Å². The number of imidazole rings is 2. The minimum Gasteiger partial charge on any atom is -0.493 e. The Bertz CT molecular complexity index is 1200. The number of ether oxygens (including phenoxy) is 1. The van der Waals surface area contributed by atoms with Crippen LogP contribution in [-0.4, -0.2) is 30.5 Å². The van der Waals surface area contributed by atoms with E-state index in [-0.39, 0.29) is 5.82 Å². The second-order valence-corrected chi connectivity index (χ2v) is 6.92. The highest BCUT2D eigenvalue weighted by molar-refractivity contribution is 5.62. The van der Waals surface area contributed by atoms with Crippen molar-refractivity contribution in [3.05, 3.63) is 65.4 Å². The Morgan fingerprint density at radius 1 is 1.18 bits per heavy atom. The highest BCUT2D eigenvalue weighted by Gasteiger charge is 2.20. The van der Waals surface area contributed by atoms with Gasteiger partial charge in [-0.05, 0) is 26.0 Å². The van der Waals surface area contributed by atoms with Crippen molar-refractivity contribution >= 4 is 11.6 Å². The van der Waals surface area contributed by atoms with Gasteiger partial charge in [0.2, 0.25) is 5.95 Å². The molecule has 1 N–H and O–H groups in total. The molecule has 0 amide bonds. The van der Waals surface area contributed by atoms with Crippen LogP contribution in [0, 0.1) is 19.7 Å². The molecule has 1 aliphatic rings. The van der Waals surface area contributed by atoms with Crippen LogP contribution in [0.3, 0.4) is 0 Å². The molecule has 1 aromatic carbocycles. The summed E-state index contributed by atoms with van der Waals surface area (Å²) >= 11 is 0. The fourth-order valence-corrected chi connectivity index (χ4v) is 3.62. The minimum absolute atomic E-state index is 0.236. The van der Waals surface area contributed by atoms with Gasteiger partial charge in [0.1, 0.15) is 17.3 Å². The molecule has 142 valence electrons. The number of aryl methyl sites for hydroxylation is 2. The van der Waals surface area contributed by atoms with Crippen molar-refractivity contribution in [2.75, 3.05) is 11.9 Å². The van der Waals surface area contributed by atoms with Gasteiger partial charge < -0.3 is 14.6 Å². The number of hydrogen-bond acceptors (Lipinski definition) is 5. The third kappa shape index (κ3) is 2.69. The number of rotatable bonds is 4. The lowest BCUT2D eigenvalue weighted by molar-refractivity contribution is 0.356. The average molecular weight is 378 g/mol. The summed E-state index contributed by atoms with van der Waals surface area (Å²) < 4.78 is 23.7. The van der Waals surface area contributed by atoms with Crippen LogP contribution in [0.4, 0.5) is 10.3 Å². The van der Waals surface area contributed by atoms with Gasteiger partial charge in [-0.25, -0.2) is 19.3 Å². The first kappa shape index (κ1) is 16.7. The van der Waals surface area contributed by atoms with Crippen molar-refractivity contribution in [2.45, 2.75) is 26.8 Å². The smallest absolute Gasteiger partial charge is 0.209 e. The predicted molar refractivity (Wildman–Crippen MR) is 103 cm³/mol. The molecule has 5 rings (SSSR count). The van der Waals surface area contributed by atoms with E-state index in [9.17, 15) is 4.39 Å². The molecule has 0 radical (unpaired) electrons. The number of aromatic nitrogens is 5. The normalized spacial score (nSPS) is 13.0. The molecule has 0 saturated carbocycles. The average Bonchev–Trinajstić information content (AvgIpc) is 3.39. The number of halogens is 1. The van der Waals surface area contributed by atoms with E-state index in [0.717, 1.165) is 40.5 Å². The molecule has 0 atom stereocenters. The summed E-state index contributed by atoms with van der Waals surface area (Å²) in [5.74, 6) is 1.13. The molecular weight excluding hydrogens is 359 g/mol. The summed E-state index contributed by atoms with van der Waals surface area (Å²) in [6, 6.07) is 3.15. The summed E-state index contributed by atoms with van der Waals surface area (Å²) in [4.78, 5) is 13.5. The van der Waals surface area contributed by atoms with E-state index in [1.807, 2.05) is 35.2 Å². The van der Waals surface area contributed by atoms with Crippen LogP contribution in [-0.2, 0) is 13.0 Å². The summed E-state index contributed by atoms with van der Waals surface area (Å²) in [5.41, 5.74) is 4.93. The second kappa shape index (κ2) is 6.33. The van der Waals surface area contributed by atoms with Gasteiger partial charge in [-0.15, -0.1) is 0 Å². The maximum Gasteiger partial charge on any atom is 0.209 e. The highest BCUT2D eigenvalue weighted by Crippen LogP contribution is 2.30. The van der Waals surface area contributed by atoms with Gasteiger partial charge in [-0.2, -0.15) is 0 Å². The van der Waals surface area contributed by atoms with E-state index in [1.54, 1.807) is 18.6 Å². The quantitative estimate of drug-likeness (QED) is 0.591. The van der Waals surface area contributed by atoms with Gasteiger partial charge in [-0.3, -0.25) is 4.40 Å². The number of benzene rings is 1. The summed E-state index contributed by atoms with van der Waals surface area (Å²) in [6.45, 7) is 4.78. The predicted octanol–water partition coefficient (Wildman–Crippen LogP) is 3.22. The van der Waals surface area contributed by atoms with Crippen molar-refractivity contribution in [1.82, 2.24) is 23.9 Å². The Morgan fingerprint density at radius 3 is 2.89 bits per heavy atom. The number of nitrogens with zero attached hydrogens (tertiary/aromatic N) is 5. The lowest BCUT2D eigenvalue weighted by Crippen LogP contribution is -2.10. The number of nitrogens with one attached hydrogen (secondary N) is 1. The summed E-state index contributed by atoms with van der Waals surface area (Å²) in [5, 5.41) is 3.26. The monoisotopic (exact) mass is 378 g/mol. The van der Waals surface area contributed by atoms with Crippen LogP contribution in [0.1, 0.15) is 22.5 Å². The largest absolute Gasteiger partial charge is 0.493 e. The fraction of sp³-hybridized carbons (Fsp3) is 0.250. The van der Waals surface area contributed by atoms with E-state index < -0.39 is 0 Å². The second-order valence-electron chi connectivity index (χ2n) is 6.92. The third-order valence-electron chi connectivity index (χ3n) is 4.95. The van der Waals surface area contributed by atoms with Crippen molar-refractivity contribution in [2.24, 2.45) is 0 Å². The van der Waals surface area contributed by atoms with Crippen molar-refractivity contribution in [3.8, 4) is 11.4 Å². The number of anilines is 1. The molecule has 4 heterocycles. The maximum absolute atomic E-state index is 14.4. The molecule has 7 nitrogen and oxygen atoms in total. The molecule has 0 spiro atoms. The number of fused-ring (bicyclic) bond motifs is 2. The Hall–Kier alpha value is -3.42. The lowest BCUT2D eigenvalue weighted by Gasteiger charge is -2.13. The summed E-state index contributed by atoms with van der Waals surface area (Å²) in [6.07, 6.45) is 8.05. The number of hydrogen-bond donors (Lipinski definition) is 1. The fourth-order valence-electron chi connectivity index (χ4n) is 3.62. The molecule has 0 aliphatic carbocycles. The highest BCUT2D eigenvalue weighted by atomic mass is 19.1. The van der Waals surface area contributed by atoms with Crippen LogP contribution in [0.2, 0.25) is 0 Å². The zero-order chi connectivity index (χ0) is 19.3. The molecular formula is C20H19FN6O. The van der Waals surface area contributed by atoms with E-state index in [2.05, 4.69) is 20.3 Å². The SMILES string of the molecule is Cc1cn(-c2cnc(NCc3c(F)ccc4c3CCO4)n3cc(C)nc23)cn1. The maximum atomic E-state index is 14.4. The van der Waals surface area contributed by atoms with E-state index in [4.69, 9.17) is 4.74 Å². The van der Waals surface area contributed by atoms with Gasteiger partial charge in [0, 0.05) is 36.5 Å². The van der Waals surface area contributed by atoms with Crippen molar-refractivity contribution in [3.63, 3.8) is 0 Å². The Balaban J connectivity index is 1.52. The summed E-state index contributed by atoms with van der Waals surface area (Å²) in [7, 11) is 0. The van der Waals surface area contributed by atoms with Gasteiger partial charge in [0.05, 0.1) is 30.5 Å². The Kier molecular flexibility index (Phi) is 3.78. The molecule has 1 aliphatic heterocycles. The van der Waals surface area contributed by atoms with E-state index in [0.29, 0.717) is 24.7 Å². The van der Waals surface area contributed by atoms with Crippen molar-refractivity contribution in [1.29, 1.82) is 0 Å². The molecule has 28 heavy (non-hydrogen) atoms. The van der Waals surface area contributed by atoms with Gasteiger partial charge in [-0.1, -0.05) is 0 Å². The Morgan fingerprint density at radius 2 is 2.07 bits per heavy atom. The van der Waals surface area contributed by atoms with Gasteiger partial charge in [0.25, 0.3) is 0 Å². The first-order valence-electron chi connectivity index (χ1n) is 9.13. The van der Waals surface area contributed by atoms with Gasteiger partial charge >= 0.3 is 0 Å². The molecule has 8 heteroatoms. The molecule has 0 bridgehead atoms. The molecule has 0 unspecified atom stereocenters. The van der Waals surface area contributed by atoms with Crippen LogP contribution in [0.15, 0.2) is 37.1 Å². The lowest BCUT2D eigenvalue weighted by atomic mass is 10.0. The van der Waals surface area contributed by atoms with Crippen molar-refractivity contribution < 1.29 is 9.13 Å². The van der Waals surface area contributed by atoms with E-state index >= 15 is 0 Å². The molecule has 3 aromatic heterocycles. The van der Waals surface area contributed by atoms with Crippen LogP contribution < -0.4 is 10.1 Å². The van der Waals surface area contributed by atoms with Gasteiger partial charge in [0.15, 0.2) is 5.65 Å². The first-order valence-corrected chi connectivity index (χ1v) is 9.13. The van der Waals surface area contributed by atoms with Crippen LogP contribution >= 0.6 is 0 Å². The third-order valence-corrected chi connectivity index (χ3v) is 4.95. The van der Waals surface area contributed by atoms with Crippen LogP contribution in [0.25, 0.3) is 11.3 Å². The Labute approximate surface area is 160 Å². The molecule has 0 saturated heterocycles. The standard InChI is InChI=1S/C20H19FN6O/c1-12-9-26(11-24-12)17-8-23-20(27-10-13(2)25-19(17)27)22-7-15-14-5-6-28-18(14)4-3-16(15)21/h3-4,8-11H,5-7H2,1-2H3,(H,22,23). The first-order chi connectivity index (χ1) is 13.6. The molecule has 0 fully saturated rings. The molecule has 4 aromatic rings. The zero-order valence-electron chi connectivity index (χ0n) is 15.6. The zero-order valence-corrected chi connectivity index (χ0v) is 15.6. The van der Waals surface area contributed by atoms with E-state index in [1.165, 1.54) is 6.07 Å². The topological polar surface area (TPSA) is 69.3 Å². The minimum atomic E-state index is -0.236.